The zero-order chi connectivity index (χ0) is 24.8. The number of ether oxygens (including phenoxy) is 2. The van der Waals surface area contributed by atoms with Crippen molar-refractivity contribution >= 4 is 17.5 Å². The van der Waals surface area contributed by atoms with Crippen LogP contribution in [0, 0.1) is 11.3 Å². The molecule has 0 bridgehead atoms. The SMILES string of the molecule is CNC(=O)c1cc(-c2cc([C@@H]3OCCN(Cc4ccc(OC)cc4)[C@H]3CC#N)cc(Cl)n2)ncn1. The molecule has 3 heterocycles. The fourth-order valence-electron chi connectivity index (χ4n) is 4.14. The second kappa shape index (κ2) is 11.2. The van der Waals surface area contributed by atoms with E-state index in [0.29, 0.717) is 31.1 Å². The van der Waals surface area contributed by atoms with E-state index in [1.165, 1.54) is 13.4 Å². The summed E-state index contributed by atoms with van der Waals surface area (Å²) in [4.78, 5) is 26.9. The van der Waals surface area contributed by atoms with Crippen LogP contribution >= 0.6 is 11.6 Å². The van der Waals surface area contributed by atoms with Crippen LogP contribution in [0.3, 0.4) is 0 Å². The van der Waals surface area contributed by atoms with Crippen LogP contribution < -0.4 is 10.1 Å². The number of morpholine rings is 1. The van der Waals surface area contributed by atoms with E-state index in [0.717, 1.165) is 16.9 Å². The molecule has 9 nitrogen and oxygen atoms in total. The van der Waals surface area contributed by atoms with Crippen molar-refractivity contribution in [3.8, 4) is 23.2 Å². The molecule has 0 aliphatic carbocycles. The van der Waals surface area contributed by atoms with Crippen LogP contribution in [0.15, 0.2) is 48.8 Å². The molecular weight excluding hydrogens is 468 g/mol. The lowest BCUT2D eigenvalue weighted by Crippen LogP contribution is -2.46. The summed E-state index contributed by atoms with van der Waals surface area (Å²) in [5.41, 5.74) is 3.09. The molecule has 0 unspecified atom stereocenters. The van der Waals surface area contributed by atoms with Crippen molar-refractivity contribution < 1.29 is 14.3 Å². The second-order valence-corrected chi connectivity index (χ2v) is 8.40. The van der Waals surface area contributed by atoms with Gasteiger partial charge in [-0.25, -0.2) is 15.0 Å². The van der Waals surface area contributed by atoms with Gasteiger partial charge >= 0.3 is 0 Å². The van der Waals surface area contributed by atoms with Gasteiger partial charge in [-0.15, -0.1) is 0 Å². The first kappa shape index (κ1) is 24.5. The molecule has 0 saturated carbocycles. The molecule has 3 aromatic rings. The molecule has 1 amide bonds. The maximum absolute atomic E-state index is 12.0. The smallest absolute Gasteiger partial charge is 0.269 e. The van der Waals surface area contributed by atoms with Gasteiger partial charge in [0.2, 0.25) is 0 Å². The van der Waals surface area contributed by atoms with Crippen molar-refractivity contribution in [3.63, 3.8) is 0 Å². The normalized spacial score (nSPS) is 18.0. The molecule has 10 heteroatoms. The van der Waals surface area contributed by atoms with Crippen LogP contribution in [-0.4, -0.2) is 59.1 Å². The Morgan fingerprint density at radius 1 is 1.26 bits per heavy atom. The summed E-state index contributed by atoms with van der Waals surface area (Å²) in [5.74, 6) is 0.472. The number of hydrogen-bond donors (Lipinski definition) is 1. The summed E-state index contributed by atoms with van der Waals surface area (Å²) in [5, 5.41) is 12.4. The van der Waals surface area contributed by atoms with Gasteiger partial charge < -0.3 is 14.8 Å². The zero-order valence-corrected chi connectivity index (χ0v) is 20.2. The third kappa shape index (κ3) is 5.74. The number of amides is 1. The number of pyridine rings is 1. The van der Waals surface area contributed by atoms with Gasteiger partial charge in [-0.1, -0.05) is 23.7 Å². The molecule has 1 aliphatic rings. The van der Waals surface area contributed by atoms with Crippen molar-refractivity contribution in [3.05, 3.63) is 70.8 Å². The molecular formula is C25H25ClN6O3. The number of methoxy groups -OCH3 is 1. The highest BCUT2D eigenvalue weighted by molar-refractivity contribution is 6.29. The number of halogens is 1. The minimum Gasteiger partial charge on any atom is -0.497 e. The fraction of sp³-hybridized carbons (Fsp3) is 0.320. The minimum atomic E-state index is -0.388. The predicted molar refractivity (Wildman–Crippen MR) is 130 cm³/mol. The number of carbonyl (C=O) groups excluding carboxylic acids is 1. The van der Waals surface area contributed by atoms with Gasteiger partial charge in [0.05, 0.1) is 49.7 Å². The number of hydrogen-bond acceptors (Lipinski definition) is 8. The van der Waals surface area contributed by atoms with Gasteiger partial charge in [0.1, 0.15) is 22.9 Å². The Bertz CT molecular complexity index is 1230. The standard InChI is InChI=1S/C25H25ClN6O3/c1-28-25(33)21-13-19(29-15-30-21)20-11-17(12-23(26)31-20)24-22(7-8-27)32(9-10-35-24)14-16-3-5-18(34-2)6-4-16/h3-6,11-13,15,22,24H,7,9-10,14H2,1-2H3,(H,28,33)/t22-,24-/m0/s1. The quantitative estimate of drug-likeness (QED) is 0.499. The monoisotopic (exact) mass is 492 g/mol. The lowest BCUT2D eigenvalue weighted by atomic mass is 9.96. The van der Waals surface area contributed by atoms with Crippen LogP contribution in [0.1, 0.15) is 34.1 Å². The van der Waals surface area contributed by atoms with Gasteiger partial charge in [0.15, 0.2) is 0 Å². The molecule has 180 valence electrons. The maximum atomic E-state index is 12.0. The summed E-state index contributed by atoms with van der Waals surface area (Å²) in [6, 6.07) is 15.2. The average molecular weight is 493 g/mol. The van der Waals surface area contributed by atoms with Crippen LogP contribution in [0.2, 0.25) is 5.15 Å². The molecule has 0 spiro atoms. The Morgan fingerprint density at radius 2 is 2.06 bits per heavy atom. The van der Waals surface area contributed by atoms with Crippen molar-refractivity contribution in [1.29, 1.82) is 5.26 Å². The zero-order valence-electron chi connectivity index (χ0n) is 19.4. The molecule has 2 aromatic heterocycles. The molecule has 0 radical (unpaired) electrons. The molecule has 2 atom stereocenters. The number of nitrogens with one attached hydrogen (secondary N) is 1. The van der Waals surface area contributed by atoms with Gasteiger partial charge in [-0.05, 0) is 41.5 Å². The van der Waals surface area contributed by atoms with E-state index in [9.17, 15) is 10.1 Å². The lowest BCUT2D eigenvalue weighted by Gasteiger charge is -2.40. The van der Waals surface area contributed by atoms with E-state index in [1.807, 2.05) is 30.3 Å². The molecule has 4 rings (SSSR count). The van der Waals surface area contributed by atoms with E-state index in [-0.39, 0.29) is 35.3 Å². The maximum Gasteiger partial charge on any atom is 0.269 e. The Labute approximate surface area is 208 Å². The molecule has 1 N–H and O–H groups in total. The minimum absolute atomic E-state index is 0.186. The van der Waals surface area contributed by atoms with Crippen LogP contribution in [0.25, 0.3) is 11.4 Å². The summed E-state index contributed by atoms with van der Waals surface area (Å²) < 4.78 is 11.4. The highest BCUT2D eigenvalue weighted by Gasteiger charge is 2.34. The van der Waals surface area contributed by atoms with Gasteiger partial charge in [-0.3, -0.25) is 9.69 Å². The molecule has 1 fully saturated rings. The van der Waals surface area contributed by atoms with Crippen molar-refractivity contribution in [1.82, 2.24) is 25.2 Å². The van der Waals surface area contributed by atoms with Gasteiger partial charge in [0, 0.05) is 20.1 Å². The third-order valence-corrected chi connectivity index (χ3v) is 6.07. The number of carbonyl (C=O) groups is 1. The Balaban J connectivity index is 1.64. The molecule has 1 aromatic carbocycles. The van der Waals surface area contributed by atoms with Crippen LogP contribution in [0.4, 0.5) is 0 Å². The molecule has 1 aliphatic heterocycles. The number of nitrogens with zero attached hydrogens (tertiary/aromatic N) is 5. The molecule has 35 heavy (non-hydrogen) atoms. The first-order valence-corrected chi connectivity index (χ1v) is 11.5. The topological polar surface area (TPSA) is 113 Å². The summed E-state index contributed by atoms with van der Waals surface area (Å²) >= 11 is 6.39. The Morgan fingerprint density at radius 3 is 2.77 bits per heavy atom. The number of benzene rings is 1. The summed E-state index contributed by atoms with van der Waals surface area (Å²) in [6.07, 6.45) is 1.21. The first-order valence-electron chi connectivity index (χ1n) is 11.1. The van der Waals surface area contributed by atoms with Crippen LogP contribution in [0.5, 0.6) is 5.75 Å². The van der Waals surface area contributed by atoms with Gasteiger partial charge in [0.25, 0.3) is 5.91 Å². The van der Waals surface area contributed by atoms with E-state index >= 15 is 0 Å². The third-order valence-electron chi connectivity index (χ3n) is 5.87. The van der Waals surface area contributed by atoms with Crippen molar-refractivity contribution in [2.45, 2.75) is 25.1 Å². The lowest BCUT2D eigenvalue weighted by molar-refractivity contribution is -0.0750. The average Bonchev–Trinajstić information content (AvgIpc) is 2.89. The van der Waals surface area contributed by atoms with Crippen LogP contribution in [-0.2, 0) is 11.3 Å². The fourth-order valence-corrected chi connectivity index (χ4v) is 4.35. The number of nitriles is 1. The number of aromatic nitrogens is 3. The largest absolute Gasteiger partial charge is 0.497 e. The van der Waals surface area contributed by atoms with Gasteiger partial charge in [-0.2, -0.15) is 5.26 Å². The van der Waals surface area contributed by atoms with E-state index in [4.69, 9.17) is 21.1 Å². The number of rotatable bonds is 7. The van der Waals surface area contributed by atoms with E-state index < -0.39 is 0 Å². The first-order chi connectivity index (χ1) is 17.0. The second-order valence-electron chi connectivity index (χ2n) is 8.02. The summed E-state index contributed by atoms with van der Waals surface area (Å²) in [7, 11) is 3.17. The highest BCUT2D eigenvalue weighted by atomic mass is 35.5. The van der Waals surface area contributed by atoms with Crippen molar-refractivity contribution in [2.75, 3.05) is 27.3 Å². The van der Waals surface area contributed by atoms with Crippen molar-refractivity contribution in [2.24, 2.45) is 0 Å². The Kier molecular flexibility index (Phi) is 7.87. The predicted octanol–water partition coefficient (Wildman–Crippen LogP) is 3.42. The Hall–Kier alpha value is -3.58. The molecule has 1 saturated heterocycles. The summed E-state index contributed by atoms with van der Waals surface area (Å²) in [6.45, 7) is 1.87. The highest BCUT2D eigenvalue weighted by Crippen LogP contribution is 2.34. The van der Waals surface area contributed by atoms with E-state index in [2.05, 4.69) is 31.2 Å². The van der Waals surface area contributed by atoms with E-state index in [1.54, 1.807) is 19.2 Å².